The Bertz CT molecular complexity index is 278. The molecule has 0 aromatic heterocycles. The third-order valence-electron chi connectivity index (χ3n) is 1.06. The molecule has 0 heterocycles. The first-order valence-corrected chi connectivity index (χ1v) is 5.10. The Kier molecular flexibility index (Phi) is 5.26. The molecule has 88 valence electrons. The van der Waals surface area contributed by atoms with E-state index in [-0.39, 0.29) is 0 Å². The summed E-state index contributed by atoms with van der Waals surface area (Å²) in [6.45, 7) is -1.52. The fourth-order valence-electron chi connectivity index (χ4n) is 0.585. The van der Waals surface area contributed by atoms with Crippen LogP contribution >= 0.6 is 0 Å². The highest BCUT2D eigenvalue weighted by molar-refractivity contribution is 7.86. The molecule has 9 heteroatoms. The number of hydrogen-bond donors (Lipinski definition) is 2. The quantitative estimate of drug-likeness (QED) is 0.686. The van der Waals surface area contributed by atoms with Gasteiger partial charge < -0.3 is 10.4 Å². The number of rotatable bonds is 5. The van der Waals surface area contributed by atoms with Crippen LogP contribution in [0.25, 0.3) is 0 Å². The monoisotopic (exact) mass is 247 g/mol. The second-order valence-electron chi connectivity index (χ2n) is 2.51. The lowest BCUT2D eigenvalue weighted by atomic mass is 10.6. The van der Waals surface area contributed by atoms with Gasteiger partial charge in [0.25, 0.3) is 0 Å². The molecule has 0 aliphatic rings. The predicted molar refractivity (Wildman–Crippen MR) is 44.6 cm³/mol. The number of carboxylic acids is 1. The average Bonchev–Trinajstić information content (AvgIpc) is 1.97. The molecule has 0 bridgehead atoms. The van der Waals surface area contributed by atoms with Crippen molar-refractivity contribution in [3.63, 3.8) is 0 Å². The van der Waals surface area contributed by atoms with Crippen LogP contribution in [0.3, 0.4) is 0 Å². The van der Waals surface area contributed by atoms with E-state index in [1.165, 1.54) is 5.32 Å². The van der Waals surface area contributed by atoms with Gasteiger partial charge >= 0.3 is 12.1 Å². The molecule has 5 nitrogen and oxygen atoms in total. The van der Waals surface area contributed by atoms with E-state index in [2.05, 4.69) is 0 Å². The normalized spacial score (nSPS) is 13.3. The van der Waals surface area contributed by atoms with Crippen LogP contribution in [0.4, 0.5) is 13.2 Å². The average molecular weight is 247 g/mol. The summed E-state index contributed by atoms with van der Waals surface area (Å²) in [6.07, 6.45) is -4.54. The minimum absolute atomic E-state index is 0.748. The molecule has 0 rings (SSSR count). The molecule has 1 unspecified atom stereocenters. The molecule has 1 amide bonds. The SMILES string of the molecule is O=C(O)CS(=O)CC(=O)NCC(F)(F)F. The summed E-state index contributed by atoms with van der Waals surface area (Å²) in [6, 6.07) is 0. The third-order valence-corrected chi connectivity index (χ3v) is 2.22. The topological polar surface area (TPSA) is 83.5 Å². The number of halogens is 3. The Balaban J connectivity index is 3.84. The van der Waals surface area contributed by atoms with Gasteiger partial charge in [-0.15, -0.1) is 0 Å². The van der Waals surface area contributed by atoms with Gasteiger partial charge in [-0.25, -0.2) is 0 Å². The summed E-state index contributed by atoms with van der Waals surface area (Å²) in [7, 11) is -1.99. The highest BCUT2D eigenvalue weighted by Gasteiger charge is 2.27. The van der Waals surface area contributed by atoms with Gasteiger partial charge in [-0.2, -0.15) is 13.2 Å². The van der Waals surface area contributed by atoms with Crippen LogP contribution in [-0.4, -0.2) is 45.4 Å². The first-order chi connectivity index (χ1) is 6.70. The second-order valence-corrected chi connectivity index (χ2v) is 3.97. The summed E-state index contributed by atoms with van der Waals surface area (Å²) >= 11 is 0. The number of alkyl halides is 3. The first-order valence-electron chi connectivity index (χ1n) is 3.61. The van der Waals surface area contributed by atoms with Crippen molar-refractivity contribution in [2.45, 2.75) is 6.18 Å². The molecule has 15 heavy (non-hydrogen) atoms. The van der Waals surface area contributed by atoms with E-state index in [4.69, 9.17) is 5.11 Å². The van der Waals surface area contributed by atoms with Gasteiger partial charge in [0, 0.05) is 10.8 Å². The number of aliphatic carboxylic acids is 1. The van der Waals surface area contributed by atoms with Crippen molar-refractivity contribution in [2.75, 3.05) is 18.1 Å². The molecule has 1 atom stereocenters. The maximum absolute atomic E-state index is 11.6. The van der Waals surface area contributed by atoms with Crippen LogP contribution in [0.5, 0.6) is 0 Å². The molecule has 2 N–H and O–H groups in total. The smallest absolute Gasteiger partial charge is 0.405 e. The van der Waals surface area contributed by atoms with Gasteiger partial charge in [0.1, 0.15) is 18.1 Å². The summed E-state index contributed by atoms with van der Waals surface area (Å²) < 4.78 is 45.5. The van der Waals surface area contributed by atoms with Crippen LogP contribution in [0, 0.1) is 0 Å². The molecule has 0 saturated carbocycles. The van der Waals surface area contributed by atoms with Gasteiger partial charge in [-0.05, 0) is 0 Å². The van der Waals surface area contributed by atoms with Crippen molar-refractivity contribution >= 4 is 22.7 Å². The number of nitrogens with one attached hydrogen (secondary N) is 1. The molecule has 0 aromatic carbocycles. The standard InChI is InChI=1S/C6H8F3NO4S/c7-6(8,9)3-10-4(11)1-15(14)2-5(12)13/h1-3H2,(H,10,11)(H,12,13). The van der Waals surface area contributed by atoms with E-state index in [1.54, 1.807) is 0 Å². The molecule has 0 spiro atoms. The fraction of sp³-hybridized carbons (Fsp3) is 0.667. The summed E-state index contributed by atoms with van der Waals surface area (Å²) in [4.78, 5) is 20.7. The lowest BCUT2D eigenvalue weighted by Gasteiger charge is -2.07. The Morgan fingerprint density at radius 1 is 1.27 bits per heavy atom. The minimum atomic E-state index is -4.54. The Hall–Kier alpha value is -1.12. The van der Waals surface area contributed by atoms with Crippen molar-refractivity contribution in [2.24, 2.45) is 0 Å². The van der Waals surface area contributed by atoms with Gasteiger partial charge in [-0.1, -0.05) is 0 Å². The minimum Gasteiger partial charge on any atom is -0.481 e. The zero-order valence-corrected chi connectivity index (χ0v) is 8.15. The van der Waals surface area contributed by atoms with Crippen molar-refractivity contribution in [1.29, 1.82) is 0 Å². The molecule has 0 aromatic rings. The summed E-state index contributed by atoms with van der Waals surface area (Å²) in [5.41, 5.74) is 0. The zero-order valence-electron chi connectivity index (χ0n) is 7.34. The number of hydrogen-bond acceptors (Lipinski definition) is 3. The maximum Gasteiger partial charge on any atom is 0.405 e. The van der Waals surface area contributed by atoms with Crippen LogP contribution in [0.15, 0.2) is 0 Å². The van der Waals surface area contributed by atoms with Crippen LogP contribution in [-0.2, 0) is 20.4 Å². The molecular weight excluding hydrogens is 239 g/mol. The van der Waals surface area contributed by atoms with Crippen LogP contribution < -0.4 is 5.32 Å². The Morgan fingerprint density at radius 2 is 1.80 bits per heavy atom. The first kappa shape index (κ1) is 13.9. The molecule has 0 aliphatic heterocycles. The Labute approximate surface area is 85.1 Å². The molecule has 0 aliphatic carbocycles. The highest BCUT2D eigenvalue weighted by Crippen LogP contribution is 2.11. The number of carbonyl (C=O) groups excluding carboxylic acids is 1. The van der Waals surface area contributed by atoms with Crippen LogP contribution in [0.1, 0.15) is 0 Å². The van der Waals surface area contributed by atoms with E-state index in [0.29, 0.717) is 0 Å². The number of amides is 1. The molecule has 0 radical (unpaired) electrons. The summed E-state index contributed by atoms with van der Waals surface area (Å²) in [5.74, 6) is -3.98. The molecular formula is C6H8F3NO4S. The largest absolute Gasteiger partial charge is 0.481 e. The van der Waals surface area contributed by atoms with Gasteiger partial charge in [0.2, 0.25) is 5.91 Å². The predicted octanol–water partition coefficient (Wildman–Crippen LogP) is -0.502. The number of carbonyl (C=O) groups is 2. The van der Waals surface area contributed by atoms with Crippen molar-refractivity contribution in [1.82, 2.24) is 5.32 Å². The van der Waals surface area contributed by atoms with E-state index in [9.17, 15) is 27.0 Å². The third kappa shape index (κ3) is 9.19. The van der Waals surface area contributed by atoms with Crippen molar-refractivity contribution < 1.29 is 32.1 Å². The highest BCUT2D eigenvalue weighted by atomic mass is 32.2. The van der Waals surface area contributed by atoms with E-state index in [1.807, 2.05) is 0 Å². The van der Waals surface area contributed by atoms with Gasteiger partial charge in [0.15, 0.2) is 0 Å². The fourth-order valence-corrected chi connectivity index (χ4v) is 1.36. The maximum atomic E-state index is 11.6. The van der Waals surface area contributed by atoms with Gasteiger partial charge in [-0.3, -0.25) is 13.8 Å². The van der Waals surface area contributed by atoms with Crippen LogP contribution in [0.2, 0.25) is 0 Å². The lowest BCUT2D eigenvalue weighted by Crippen LogP contribution is -2.36. The second kappa shape index (κ2) is 5.69. The lowest BCUT2D eigenvalue weighted by molar-refractivity contribution is -0.137. The van der Waals surface area contributed by atoms with Gasteiger partial charge in [0.05, 0.1) is 0 Å². The van der Waals surface area contributed by atoms with E-state index < -0.39 is 46.9 Å². The molecule has 0 saturated heterocycles. The molecule has 0 fully saturated rings. The van der Waals surface area contributed by atoms with E-state index in [0.717, 1.165) is 0 Å². The van der Waals surface area contributed by atoms with Crippen molar-refractivity contribution in [3.05, 3.63) is 0 Å². The zero-order chi connectivity index (χ0) is 12.1. The Morgan fingerprint density at radius 3 is 2.20 bits per heavy atom. The van der Waals surface area contributed by atoms with Crippen molar-refractivity contribution in [3.8, 4) is 0 Å². The van der Waals surface area contributed by atoms with E-state index >= 15 is 0 Å². The number of carboxylic acid groups (broad SMARTS) is 1. The summed E-state index contributed by atoms with van der Waals surface area (Å²) in [5, 5.41) is 9.63.